The third kappa shape index (κ3) is 2.88. The molecule has 6 nitrogen and oxygen atoms in total. The third-order valence-electron chi connectivity index (χ3n) is 4.29. The van der Waals surface area contributed by atoms with Gasteiger partial charge >= 0.3 is 23.6 Å². The molecule has 0 saturated heterocycles. The van der Waals surface area contributed by atoms with Gasteiger partial charge in [-0.05, 0) is 5.56 Å². The fourth-order valence-electron chi connectivity index (χ4n) is 3.10. The zero-order chi connectivity index (χ0) is 20.9. The fourth-order valence-corrected chi connectivity index (χ4v) is 3.10. The number of H-pyrrole nitrogens is 1. The van der Waals surface area contributed by atoms with Gasteiger partial charge in [-0.25, -0.2) is 10.1 Å². The highest BCUT2D eigenvalue weighted by Gasteiger charge is 2.78. The molecule has 0 radical (unpaired) electrons. The molecule has 0 fully saturated rings. The smallest absolute Gasteiger partial charge is 0.273 e. The van der Waals surface area contributed by atoms with Crippen molar-refractivity contribution in [2.45, 2.75) is 31.4 Å². The average Bonchev–Trinajstić information content (AvgIpc) is 2.56. The summed E-state index contributed by atoms with van der Waals surface area (Å²) in [6.45, 7) is 0.582. The number of amidine groups is 1. The molecule has 1 aliphatic rings. The average molecular weight is 407 g/mol. The number of nitrogens with zero attached hydrogens (tertiary/aromatic N) is 1. The molecule has 150 valence electrons. The molecular weight excluding hydrogens is 394 g/mol. The first-order valence-electron chi connectivity index (χ1n) is 7.82. The van der Waals surface area contributed by atoms with Crippen molar-refractivity contribution in [3.8, 4) is 0 Å². The minimum absolute atomic E-state index is 0.356. The van der Waals surface area contributed by atoms with E-state index in [2.05, 4.69) is 5.32 Å². The van der Waals surface area contributed by atoms with Crippen LogP contribution < -0.4 is 21.6 Å². The van der Waals surface area contributed by atoms with Crippen molar-refractivity contribution in [1.29, 1.82) is 0 Å². The van der Waals surface area contributed by atoms with Gasteiger partial charge in [0.15, 0.2) is 0 Å². The lowest BCUT2D eigenvalue weighted by molar-refractivity contribution is -0.659. The van der Waals surface area contributed by atoms with E-state index in [0.29, 0.717) is 10.1 Å². The summed E-state index contributed by atoms with van der Waals surface area (Å²) in [7, 11) is 0. The number of halogens is 6. The van der Waals surface area contributed by atoms with Crippen LogP contribution in [0.4, 0.5) is 32.2 Å². The normalized spacial score (nSPS) is 16.2. The van der Waals surface area contributed by atoms with Crippen LogP contribution in [0.1, 0.15) is 18.1 Å². The van der Waals surface area contributed by atoms with Gasteiger partial charge in [-0.3, -0.25) is 19.3 Å². The summed E-state index contributed by atoms with van der Waals surface area (Å²) in [5.41, 5.74) is -8.85. The monoisotopic (exact) mass is 407 g/mol. The van der Waals surface area contributed by atoms with Gasteiger partial charge in [0.1, 0.15) is 5.56 Å². The van der Waals surface area contributed by atoms with Crippen LogP contribution in [0, 0.1) is 0 Å². The summed E-state index contributed by atoms with van der Waals surface area (Å²) in [5.74, 6) is -1.49. The molecule has 1 aromatic carbocycles. The lowest BCUT2D eigenvalue weighted by atomic mass is 9.88. The fraction of sp³-hybridized carbons (Fsp3) is 0.312. The molecule has 0 saturated carbocycles. The van der Waals surface area contributed by atoms with E-state index < -0.39 is 46.4 Å². The van der Waals surface area contributed by atoms with Crippen molar-refractivity contribution in [2.75, 3.05) is 5.32 Å². The van der Waals surface area contributed by atoms with E-state index in [1.807, 2.05) is 0 Å². The second-order valence-corrected chi connectivity index (χ2v) is 6.18. The van der Waals surface area contributed by atoms with Crippen LogP contribution in [-0.2, 0) is 12.1 Å². The number of nitrogens with one attached hydrogen (secondary N) is 3. The number of alkyl halides is 6. The Bertz CT molecular complexity index is 1040. The summed E-state index contributed by atoms with van der Waals surface area (Å²) >= 11 is 0. The van der Waals surface area contributed by atoms with Crippen molar-refractivity contribution < 1.29 is 31.3 Å². The quantitative estimate of drug-likeness (QED) is 0.646. The van der Waals surface area contributed by atoms with Crippen molar-refractivity contribution in [1.82, 2.24) is 9.55 Å². The summed E-state index contributed by atoms with van der Waals surface area (Å²) < 4.78 is 82.9. The number of rotatable bonds is 2. The number of aromatic nitrogens is 2. The number of benzene rings is 1. The summed E-state index contributed by atoms with van der Waals surface area (Å²) in [6, 6.07) is 7.87. The van der Waals surface area contributed by atoms with E-state index in [9.17, 15) is 35.9 Å². The van der Waals surface area contributed by atoms with E-state index in [1.165, 1.54) is 17.1 Å². The molecule has 3 N–H and O–H groups in total. The van der Waals surface area contributed by atoms with Crippen LogP contribution >= 0.6 is 0 Å². The number of fused-ring (bicyclic) bond motifs is 1. The third-order valence-corrected chi connectivity index (χ3v) is 4.29. The zero-order valence-corrected chi connectivity index (χ0v) is 14.1. The van der Waals surface area contributed by atoms with Crippen molar-refractivity contribution in [3.05, 3.63) is 62.3 Å². The van der Waals surface area contributed by atoms with Gasteiger partial charge in [0.2, 0.25) is 11.7 Å². The topological polar surface area (TPSA) is 80.9 Å². The Morgan fingerprint density at radius 2 is 1.61 bits per heavy atom. The number of aromatic amines is 1. The number of hydrogen-bond acceptors (Lipinski definition) is 3. The molecule has 0 spiro atoms. The molecule has 3 rings (SSSR count). The molecular formula is C16H13F6N4O2+. The first-order valence-corrected chi connectivity index (χ1v) is 7.82. The second kappa shape index (κ2) is 6.24. The van der Waals surface area contributed by atoms with E-state index in [4.69, 9.17) is 0 Å². The molecule has 0 amide bonds. The Balaban J connectivity index is 2.39. The molecule has 2 heterocycles. The van der Waals surface area contributed by atoms with E-state index in [0.717, 1.165) is 6.92 Å². The molecule has 0 atom stereocenters. The number of anilines is 1. The molecule has 2 aromatic rings. The second-order valence-electron chi connectivity index (χ2n) is 6.18. The van der Waals surface area contributed by atoms with Crippen LogP contribution in [0.2, 0.25) is 0 Å². The van der Waals surface area contributed by atoms with Gasteiger partial charge in [-0.15, -0.1) is 0 Å². The van der Waals surface area contributed by atoms with Crippen molar-refractivity contribution in [2.24, 2.45) is 0 Å². The van der Waals surface area contributed by atoms with Gasteiger partial charge < -0.3 is 0 Å². The SMILES string of the molecule is CC1=[NH+]C(C(F)(F)F)(C(F)(F)F)c2c(n(Cc3ccccc3)c(=O)[nH]c2=O)N1. The lowest BCUT2D eigenvalue weighted by Crippen LogP contribution is -2.96. The predicted molar refractivity (Wildman–Crippen MR) is 85.9 cm³/mol. The van der Waals surface area contributed by atoms with E-state index in [1.54, 1.807) is 23.2 Å². The zero-order valence-electron chi connectivity index (χ0n) is 14.1. The van der Waals surface area contributed by atoms with E-state index >= 15 is 0 Å². The highest BCUT2D eigenvalue weighted by Crippen LogP contribution is 2.48. The first kappa shape index (κ1) is 19.7. The Morgan fingerprint density at radius 1 is 1.04 bits per heavy atom. The maximum Gasteiger partial charge on any atom is 0.446 e. The molecule has 0 bridgehead atoms. The highest BCUT2D eigenvalue weighted by atomic mass is 19.4. The minimum atomic E-state index is -5.93. The maximum absolute atomic E-state index is 13.7. The Hall–Kier alpha value is -3.05. The Kier molecular flexibility index (Phi) is 4.39. The molecule has 12 heteroatoms. The largest absolute Gasteiger partial charge is 0.446 e. The van der Waals surface area contributed by atoms with Gasteiger partial charge in [0.25, 0.3) is 5.56 Å². The molecule has 1 aromatic heterocycles. The van der Waals surface area contributed by atoms with Gasteiger partial charge in [0, 0.05) is 6.92 Å². The van der Waals surface area contributed by atoms with Crippen LogP contribution in [0.3, 0.4) is 0 Å². The molecule has 1 aliphatic heterocycles. The summed E-state index contributed by atoms with van der Waals surface area (Å²) in [5, 5.41) is 2.28. The van der Waals surface area contributed by atoms with Gasteiger partial charge in [-0.1, -0.05) is 30.3 Å². The maximum atomic E-state index is 13.7. The summed E-state index contributed by atoms with van der Waals surface area (Å²) in [4.78, 5) is 27.3. The van der Waals surface area contributed by atoms with Crippen LogP contribution in [-0.4, -0.2) is 27.7 Å². The van der Waals surface area contributed by atoms with Crippen LogP contribution in [0.5, 0.6) is 0 Å². The molecule has 0 aliphatic carbocycles. The van der Waals surface area contributed by atoms with Gasteiger partial charge in [0.05, 0.1) is 6.54 Å². The molecule has 28 heavy (non-hydrogen) atoms. The van der Waals surface area contributed by atoms with Crippen molar-refractivity contribution in [3.63, 3.8) is 0 Å². The van der Waals surface area contributed by atoms with Crippen molar-refractivity contribution >= 4 is 11.7 Å². The Morgan fingerprint density at radius 3 is 2.14 bits per heavy atom. The summed E-state index contributed by atoms with van der Waals surface area (Å²) in [6.07, 6.45) is -11.9. The lowest BCUT2D eigenvalue weighted by Gasteiger charge is -2.34. The minimum Gasteiger partial charge on any atom is -0.273 e. The van der Waals surface area contributed by atoms with Crippen LogP contribution in [0.25, 0.3) is 0 Å². The molecule has 0 unspecified atom stereocenters. The first-order chi connectivity index (χ1) is 12.9. The van der Waals surface area contributed by atoms with Gasteiger partial charge in [-0.2, -0.15) is 26.3 Å². The van der Waals surface area contributed by atoms with Crippen LogP contribution in [0.15, 0.2) is 39.9 Å². The Labute approximate surface area is 152 Å². The van der Waals surface area contributed by atoms with E-state index in [-0.39, 0.29) is 6.54 Å². The number of hydrogen-bond donors (Lipinski definition) is 3. The standard InChI is InChI=1S/C16H12F6N4O2/c1-8-23-11-10(14(25-8,15(17,18)19)16(20,21)22)12(27)24-13(28)26(11)7-9-5-3-2-4-6-9/h2-6H,7H2,1H3,(H,23,25)(H,24,27,28)/p+1. The highest BCUT2D eigenvalue weighted by molar-refractivity contribution is 5.90. The predicted octanol–water partition coefficient (Wildman–Crippen LogP) is 0.829.